The fourth-order valence-corrected chi connectivity index (χ4v) is 1.41. The van der Waals surface area contributed by atoms with E-state index in [0.717, 1.165) is 17.7 Å². The summed E-state index contributed by atoms with van der Waals surface area (Å²) in [4.78, 5) is 11.1. The van der Waals surface area contributed by atoms with Crippen molar-refractivity contribution in [1.29, 1.82) is 0 Å². The zero-order chi connectivity index (χ0) is 13.2. The van der Waals surface area contributed by atoms with Gasteiger partial charge in [-0.25, -0.2) is 4.79 Å². The number of amides is 1. The molecular formula is C14H19NO3. The molecule has 1 aromatic carbocycles. The average molecular weight is 249 g/mol. The van der Waals surface area contributed by atoms with Gasteiger partial charge in [-0.2, -0.15) is 0 Å². The molecule has 0 heterocycles. The van der Waals surface area contributed by atoms with E-state index in [1.165, 1.54) is 6.08 Å². The number of nitrogens with one attached hydrogen (secondary N) is 1. The van der Waals surface area contributed by atoms with Crippen molar-refractivity contribution < 1.29 is 14.3 Å². The molecule has 0 aliphatic rings. The fraction of sp³-hybridized carbons (Fsp3) is 0.357. The highest BCUT2D eigenvalue weighted by atomic mass is 16.5. The highest BCUT2D eigenvalue weighted by Crippen LogP contribution is 2.12. The predicted molar refractivity (Wildman–Crippen MR) is 70.9 cm³/mol. The van der Waals surface area contributed by atoms with Gasteiger partial charge in [0, 0.05) is 6.54 Å². The average Bonchev–Trinajstić information content (AvgIpc) is 2.39. The van der Waals surface area contributed by atoms with E-state index in [0.29, 0.717) is 13.2 Å². The van der Waals surface area contributed by atoms with Crippen LogP contribution in [0, 0.1) is 0 Å². The van der Waals surface area contributed by atoms with E-state index >= 15 is 0 Å². The van der Waals surface area contributed by atoms with Crippen LogP contribution in [0.4, 0.5) is 4.79 Å². The van der Waals surface area contributed by atoms with Crippen molar-refractivity contribution in [3.63, 3.8) is 0 Å². The van der Waals surface area contributed by atoms with Gasteiger partial charge < -0.3 is 14.8 Å². The van der Waals surface area contributed by atoms with Crippen LogP contribution in [0.3, 0.4) is 0 Å². The van der Waals surface area contributed by atoms with Crippen molar-refractivity contribution in [3.8, 4) is 5.75 Å². The summed E-state index contributed by atoms with van der Waals surface area (Å²) in [5, 5.41) is 2.67. The Labute approximate surface area is 108 Å². The van der Waals surface area contributed by atoms with Crippen molar-refractivity contribution in [3.05, 3.63) is 42.5 Å². The van der Waals surface area contributed by atoms with Crippen LogP contribution in [-0.2, 0) is 11.2 Å². The van der Waals surface area contributed by atoms with Gasteiger partial charge in [-0.1, -0.05) is 24.8 Å². The van der Waals surface area contributed by atoms with Gasteiger partial charge >= 0.3 is 6.09 Å². The first-order valence-electron chi connectivity index (χ1n) is 5.99. The Morgan fingerprint density at radius 3 is 2.72 bits per heavy atom. The third-order valence-electron chi connectivity index (χ3n) is 2.25. The summed E-state index contributed by atoms with van der Waals surface area (Å²) in [6.45, 7) is 6.86. The Kier molecular flexibility index (Phi) is 6.40. The third-order valence-corrected chi connectivity index (χ3v) is 2.25. The van der Waals surface area contributed by atoms with E-state index in [1.54, 1.807) is 0 Å². The molecule has 1 N–H and O–H groups in total. The lowest BCUT2D eigenvalue weighted by molar-refractivity contribution is 0.158. The largest absolute Gasteiger partial charge is 0.494 e. The van der Waals surface area contributed by atoms with Gasteiger partial charge in [0.15, 0.2) is 0 Å². The second-order valence-electron chi connectivity index (χ2n) is 3.64. The first kappa shape index (κ1) is 14.1. The van der Waals surface area contributed by atoms with Gasteiger partial charge in [0.1, 0.15) is 12.4 Å². The topological polar surface area (TPSA) is 47.6 Å². The molecule has 0 saturated carbocycles. The number of rotatable bonds is 7. The summed E-state index contributed by atoms with van der Waals surface area (Å²) in [7, 11) is 0. The SMILES string of the molecule is C=CCOC(=O)NCCc1ccc(OCC)cc1. The molecule has 0 unspecified atom stereocenters. The molecule has 0 fully saturated rings. The van der Waals surface area contributed by atoms with Gasteiger partial charge in [0.05, 0.1) is 6.61 Å². The maximum atomic E-state index is 11.1. The zero-order valence-electron chi connectivity index (χ0n) is 10.6. The molecule has 0 spiro atoms. The molecule has 0 aliphatic heterocycles. The zero-order valence-corrected chi connectivity index (χ0v) is 10.6. The Balaban J connectivity index is 2.26. The standard InChI is InChI=1S/C14H19NO3/c1-3-11-18-14(16)15-10-9-12-5-7-13(8-6-12)17-4-2/h3,5-8H,1,4,9-11H2,2H3,(H,15,16). The second kappa shape index (κ2) is 8.17. The number of carbonyl (C=O) groups is 1. The van der Waals surface area contributed by atoms with Gasteiger partial charge in [-0.05, 0) is 31.0 Å². The van der Waals surface area contributed by atoms with Crippen LogP contribution in [-0.4, -0.2) is 25.9 Å². The molecule has 0 radical (unpaired) electrons. The maximum absolute atomic E-state index is 11.1. The number of benzene rings is 1. The quantitative estimate of drug-likeness (QED) is 0.755. The van der Waals surface area contributed by atoms with Crippen molar-refractivity contribution >= 4 is 6.09 Å². The summed E-state index contributed by atoms with van der Waals surface area (Å²) < 4.78 is 10.1. The summed E-state index contributed by atoms with van der Waals surface area (Å²) in [5.74, 6) is 0.861. The Morgan fingerprint density at radius 2 is 2.11 bits per heavy atom. The minimum atomic E-state index is -0.416. The molecule has 0 bridgehead atoms. The first-order chi connectivity index (χ1) is 8.76. The number of hydrogen-bond donors (Lipinski definition) is 1. The highest BCUT2D eigenvalue weighted by molar-refractivity contribution is 5.67. The molecule has 1 aromatic rings. The van der Waals surface area contributed by atoms with Gasteiger partial charge in [0.25, 0.3) is 0 Å². The van der Waals surface area contributed by atoms with Gasteiger partial charge in [0.2, 0.25) is 0 Å². The fourth-order valence-electron chi connectivity index (χ4n) is 1.41. The molecule has 18 heavy (non-hydrogen) atoms. The van der Waals surface area contributed by atoms with E-state index in [2.05, 4.69) is 11.9 Å². The van der Waals surface area contributed by atoms with Crippen LogP contribution < -0.4 is 10.1 Å². The van der Waals surface area contributed by atoms with E-state index < -0.39 is 6.09 Å². The number of ether oxygens (including phenoxy) is 2. The van der Waals surface area contributed by atoms with Gasteiger partial charge in [-0.3, -0.25) is 0 Å². The molecule has 1 rings (SSSR count). The molecule has 0 aliphatic carbocycles. The lowest BCUT2D eigenvalue weighted by atomic mass is 10.1. The molecule has 0 saturated heterocycles. The molecule has 4 nitrogen and oxygen atoms in total. The molecular weight excluding hydrogens is 230 g/mol. The van der Waals surface area contributed by atoms with Crippen molar-refractivity contribution in [2.45, 2.75) is 13.3 Å². The van der Waals surface area contributed by atoms with Gasteiger partial charge in [-0.15, -0.1) is 0 Å². The van der Waals surface area contributed by atoms with E-state index in [1.807, 2.05) is 31.2 Å². The summed E-state index contributed by atoms with van der Waals surface area (Å²) in [6, 6.07) is 7.83. The Bertz CT molecular complexity index is 373. The summed E-state index contributed by atoms with van der Waals surface area (Å²) in [6.07, 6.45) is 1.88. The van der Waals surface area contributed by atoms with E-state index in [-0.39, 0.29) is 6.61 Å². The van der Waals surface area contributed by atoms with Crippen molar-refractivity contribution in [1.82, 2.24) is 5.32 Å². The van der Waals surface area contributed by atoms with Crippen molar-refractivity contribution in [2.75, 3.05) is 19.8 Å². The van der Waals surface area contributed by atoms with Crippen LogP contribution >= 0.6 is 0 Å². The maximum Gasteiger partial charge on any atom is 0.407 e. The summed E-state index contributed by atoms with van der Waals surface area (Å²) in [5.41, 5.74) is 1.14. The van der Waals surface area contributed by atoms with Crippen LogP contribution in [0.2, 0.25) is 0 Å². The third kappa shape index (κ3) is 5.39. The second-order valence-corrected chi connectivity index (χ2v) is 3.64. The molecule has 0 atom stereocenters. The molecule has 1 amide bonds. The van der Waals surface area contributed by atoms with Crippen molar-refractivity contribution in [2.24, 2.45) is 0 Å². The van der Waals surface area contributed by atoms with E-state index in [4.69, 9.17) is 9.47 Å². The normalized spacial score (nSPS) is 9.61. The smallest absolute Gasteiger partial charge is 0.407 e. The van der Waals surface area contributed by atoms with Crippen LogP contribution in [0.25, 0.3) is 0 Å². The van der Waals surface area contributed by atoms with Crippen LogP contribution in [0.5, 0.6) is 5.75 Å². The lowest BCUT2D eigenvalue weighted by Crippen LogP contribution is -2.26. The predicted octanol–water partition coefficient (Wildman–Crippen LogP) is 2.54. The molecule has 0 aromatic heterocycles. The number of hydrogen-bond acceptors (Lipinski definition) is 3. The Hall–Kier alpha value is -1.97. The monoisotopic (exact) mass is 249 g/mol. The first-order valence-corrected chi connectivity index (χ1v) is 5.99. The number of carbonyl (C=O) groups excluding carboxylic acids is 1. The minimum Gasteiger partial charge on any atom is -0.494 e. The van der Waals surface area contributed by atoms with Crippen LogP contribution in [0.15, 0.2) is 36.9 Å². The minimum absolute atomic E-state index is 0.231. The molecule has 98 valence electrons. The van der Waals surface area contributed by atoms with E-state index in [9.17, 15) is 4.79 Å². The summed E-state index contributed by atoms with van der Waals surface area (Å²) >= 11 is 0. The Morgan fingerprint density at radius 1 is 1.39 bits per heavy atom. The number of alkyl carbamates (subject to hydrolysis) is 1. The highest BCUT2D eigenvalue weighted by Gasteiger charge is 2.00. The van der Waals surface area contributed by atoms with Crippen LogP contribution in [0.1, 0.15) is 12.5 Å². The lowest BCUT2D eigenvalue weighted by Gasteiger charge is -2.06. The molecule has 4 heteroatoms.